The summed E-state index contributed by atoms with van der Waals surface area (Å²) in [6.45, 7) is 2.49. The van der Waals surface area contributed by atoms with Crippen LogP contribution < -0.4 is 29.1 Å². The molecule has 14 nitrogen and oxygen atoms in total. The molecule has 0 spiro atoms. The van der Waals surface area contributed by atoms with Gasteiger partial charge >= 0.3 is 11.9 Å². The maximum absolute atomic E-state index is 13.8. The van der Waals surface area contributed by atoms with Crippen LogP contribution in [0.4, 0.5) is 5.69 Å². The molecular weight excluding hydrogens is 691 g/mol. The zero-order valence-corrected chi connectivity index (χ0v) is 27.6. The van der Waals surface area contributed by atoms with Gasteiger partial charge in [0, 0.05) is 23.6 Å². The van der Waals surface area contributed by atoms with Crippen LogP contribution in [0.5, 0.6) is 11.5 Å². The smallest absolute Gasteiger partial charge is 0.323 e. The molecule has 1 fully saturated rings. The Kier molecular flexibility index (Phi) is 9.39. The number of carboxylic acids is 2. The monoisotopic (exact) mass is 715 g/mol. The van der Waals surface area contributed by atoms with Gasteiger partial charge in [-0.2, -0.15) is 8.42 Å². The first-order valence-electron chi connectivity index (χ1n) is 13.2. The standard InChI is InChI=1S/C26H25N3O11S5/c1-12(2)13(6-18-27(4-3-5-45(36,37)38)14-7-15-16(40-11-39-15)8-17(14)42-18)21-23(34)28(9-19(30)31)25(43-21)22-24(35)29(10-20(32)33)26(41)44-22/h6-8,12H,3-5,9-11H2,1-2H3,(H,30,31)(H,32,33)(H,36,37,38). The lowest BCUT2D eigenvalue weighted by atomic mass is 10.0. The molecule has 19 heteroatoms. The largest absolute Gasteiger partial charge is 0.480 e. The van der Waals surface area contributed by atoms with Gasteiger partial charge < -0.3 is 24.6 Å². The molecule has 1 aromatic heterocycles. The number of thiazole rings is 1. The first-order chi connectivity index (χ1) is 21.1. The average molecular weight is 716 g/mol. The van der Waals surface area contributed by atoms with E-state index in [1.54, 1.807) is 18.2 Å². The van der Waals surface area contributed by atoms with Gasteiger partial charge in [0.1, 0.15) is 27.0 Å². The number of hydrogen-bond acceptors (Lipinski definition) is 13. The Bertz CT molecular complexity index is 1960. The topological polar surface area (TPSA) is 193 Å². The zero-order valence-electron chi connectivity index (χ0n) is 23.5. The Labute approximate surface area is 273 Å². The van der Waals surface area contributed by atoms with Crippen LogP contribution in [-0.4, -0.2) is 80.5 Å². The second-order valence-electron chi connectivity index (χ2n) is 10.2. The van der Waals surface area contributed by atoms with Gasteiger partial charge in [-0.3, -0.25) is 33.2 Å². The van der Waals surface area contributed by atoms with Crippen molar-refractivity contribution >= 4 is 95.5 Å². The number of amides is 1. The van der Waals surface area contributed by atoms with Gasteiger partial charge in [0.05, 0.1) is 21.0 Å². The van der Waals surface area contributed by atoms with E-state index in [-0.39, 0.29) is 44.1 Å². The minimum Gasteiger partial charge on any atom is -0.480 e. The van der Waals surface area contributed by atoms with Gasteiger partial charge in [0.25, 0.3) is 21.6 Å². The molecular formula is C26H25N3O11S5. The van der Waals surface area contributed by atoms with Crippen molar-refractivity contribution in [1.29, 1.82) is 0 Å². The van der Waals surface area contributed by atoms with Gasteiger partial charge in [0.2, 0.25) is 6.79 Å². The van der Waals surface area contributed by atoms with Crippen molar-refractivity contribution in [2.24, 2.45) is 5.92 Å². The van der Waals surface area contributed by atoms with Gasteiger partial charge in [-0.15, -0.1) is 11.3 Å². The number of anilines is 1. The molecule has 5 rings (SSSR count). The van der Waals surface area contributed by atoms with Gasteiger partial charge in [-0.05, 0) is 24.0 Å². The minimum absolute atomic E-state index is 0.0302. The number of allylic oxidation sites excluding steroid dienone is 1. The first-order valence-corrected chi connectivity index (χ1v) is 17.6. The molecule has 45 heavy (non-hydrogen) atoms. The number of thioether (sulfide) groups is 2. The van der Waals surface area contributed by atoms with Crippen LogP contribution in [0.2, 0.25) is 0 Å². The molecule has 240 valence electrons. The highest BCUT2D eigenvalue weighted by Crippen LogP contribution is 2.51. The highest BCUT2D eigenvalue weighted by Gasteiger charge is 2.36. The van der Waals surface area contributed by atoms with Crippen molar-refractivity contribution in [2.45, 2.75) is 31.7 Å². The Morgan fingerprint density at radius 2 is 1.73 bits per heavy atom. The van der Waals surface area contributed by atoms with Crippen LogP contribution in [0.3, 0.4) is 0 Å². The number of fused-ring (bicyclic) bond motifs is 2. The van der Waals surface area contributed by atoms with Crippen molar-refractivity contribution in [3.8, 4) is 11.5 Å². The summed E-state index contributed by atoms with van der Waals surface area (Å²) in [6, 6.07) is 3.56. The second-order valence-corrected chi connectivity index (χ2v) is 15.4. The molecule has 4 heterocycles. The number of carbonyl (C=O) groups excluding carboxylic acids is 1. The molecule has 0 bridgehead atoms. The van der Waals surface area contributed by atoms with Crippen LogP contribution in [0, 0.1) is 5.92 Å². The number of aliphatic carboxylic acids is 2. The fourth-order valence-corrected chi connectivity index (χ4v) is 9.06. The van der Waals surface area contributed by atoms with Gasteiger partial charge in [0.15, 0.2) is 11.5 Å². The number of benzene rings is 1. The number of ether oxygens (including phenoxy) is 2. The molecule has 0 aliphatic carbocycles. The predicted octanol–water partition coefficient (Wildman–Crippen LogP) is 1.31. The number of carbonyl (C=O) groups is 3. The molecule has 1 aromatic carbocycles. The molecule has 1 saturated heterocycles. The van der Waals surface area contributed by atoms with Crippen molar-refractivity contribution in [2.75, 3.05) is 30.5 Å². The average Bonchev–Trinajstić information content (AvgIpc) is 3.67. The number of rotatable bonds is 10. The predicted molar refractivity (Wildman–Crippen MR) is 172 cm³/mol. The van der Waals surface area contributed by atoms with Gasteiger partial charge in [-0.1, -0.05) is 49.6 Å². The lowest BCUT2D eigenvalue weighted by Crippen LogP contribution is -2.37. The fourth-order valence-electron chi connectivity index (χ4n) is 4.70. The SMILES string of the molecule is CC(C)C(C=C1Sc2cc3c(cc2N1CCCS(=O)(=O)O)OCO3)=c1sc(=C2SC(=S)N(CC(=O)O)C2=O)n(CC(=O)O)c1=O. The summed E-state index contributed by atoms with van der Waals surface area (Å²) in [7, 11) is -4.21. The highest BCUT2D eigenvalue weighted by molar-refractivity contribution is 8.30. The van der Waals surface area contributed by atoms with E-state index in [2.05, 4.69) is 0 Å². The maximum Gasteiger partial charge on any atom is 0.323 e. The fraction of sp³-hybridized carbons (Fsp3) is 0.346. The number of carboxylic acid groups (broad SMARTS) is 2. The van der Waals surface area contributed by atoms with Crippen molar-refractivity contribution in [3.05, 3.63) is 42.8 Å². The highest BCUT2D eigenvalue weighted by atomic mass is 32.2. The van der Waals surface area contributed by atoms with E-state index in [4.69, 9.17) is 21.7 Å². The number of hydrogen-bond donors (Lipinski definition) is 3. The summed E-state index contributed by atoms with van der Waals surface area (Å²) < 4.78 is 44.4. The third-order valence-corrected chi connectivity index (χ3v) is 11.4. The van der Waals surface area contributed by atoms with Crippen molar-refractivity contribution < 1.29 is 47.0 Å². The zero-order chi connectivity index (χ0) is 32.8. The summed E-state index contributed by atoms with van der Waals surface area (Å²) in [5.41, 5.74) is 0.576. The molecule has 3 N–H and O–H groups in total. The summed E-state index contributed by atoms with van der Waals surface area (Å²) in [4.78, 5) is 53.5. The Balaban J connectivity index is 1.69. The lowest BCUT2D eigenvalue weighted by Gasteiger charge is -2.21. The van der Waals surface area contributed by atoms with E-state index in [1.165, 1.54) is 11.8 Å². The van der Waals surface area contributed by atoms with E-state index in [9.17, 15) is 42.4 Å². The number of thiocarbonyl (C=S) groups is 1. The molecule has 1 amide bonds. The third kappa shape index (κ3) is 6.92. The van der Waals surface area contributed by atoms with Crippen LogP contribution >= 0.6 is 47.1 Å². The van der Waals surface area contributed by atoms with E-state index in [0.717, 1.165) is 37.5 Å². The van der Waals surface area contributed by atoms with Crippen LogP contribution in [0.15, 0.2) is 32.9 Å². The second kappa shape index (κ2) is 12.8. The normalized spacial score (nSPS) is 18.8. The number of nitrogens with zero attached hydrogens (tertiary/aromatic N) is 3. The van der Waals surface area contributed by atoms with Crippen molar-refractivity contribution in [1.82, 2.24) is 9.47 Å². The molecule has 3 aliphatic rings. The maximum atomic E-state index is 13.8. The third-order valence-electron chi connectivity index (χ3n) is 6.69. The van der Waals surface area contributed by atoms with E-state index >= 15 is 0 Å². The summed E-state index contributed by atoms with van der Waals surface area (Å²) in [5.74, 6) is -3.06. The van der Waals surface area contributed by atoms with Crippen molar-refractivity contribution in [3.63, 3.8) is 0 Å². The number of aromatic nitrogens is 1. The lowest BCUT2D eigenvalue weighted by molar-refractivity contribution is -0.140. The Hall–Kier alpha value is -3.36. The van der Waals surface area contributed by atoms with Crippen LogP contribution in [0.25, 0.3) is 10.5 Å². The quantitative estimate of drug-likeness (QED) is 0.235. The molecule has 0 saturated carbocycles. The summed E-state index contributed by atoms with van der Waals surface area (Å²) in [6.07, 6.45) is 1.84. The molecule has 3 aliphatic heterocycles. The van der Waals surface area contributed by atoms with Crippen LogP contribution in [0.1, 0.15) is 20.3 Å². The summed E-state index contributed by atoms with van der Waals surface area (Å²) >= 11 is 8.25. The van der Waals surface area contributed by atoms with Gasteiger partial charge in [-0.25, -0.2) is 0 Å². The molecule has 0 atom stereocenters. The summed E-state index contributed by atoms with van der Waals surface area (Å²) in [5, 5.41) is 19.4. The van der Waals surface area contributed by atoms with E-state index in [0.29, 0.717) is 27.8 Å². The van der Waals surface area contributed by atoms with E-state index in [1.807, 2.05) is 18.7 Å². The molecule has 2 aromatic rings. The minimum atomic E-state index is -4.21. The Morgan fingerprint density at radius 1 is 1.07 bits per heavy atom. The van der Waals surface area contributed by atoms with Crippen LogP contribution in [-0.2, 0) is 31.0 Å². The Morgan fingerprint density at radius 3 is 2.36 bits per heavy atom. The molecule has 0 unspecified atom stereocenters. The van der Waals surface area contributed by atoms with E-state index < -0.39 is 52.4 Å². The first kappa shape index (κ1) is 33.0. The molecule has 0 radical (unpaired) electrons.